The van der Waals surface area contributed by atoms with Crippen molar-refractivity contribution in [2.45, 2.75) is 51.0 Å². The molecule has 3 rings (SSSR count). The van der Waals surface area contributed by atoms with Crippen LogP contribution in [0.25, 0.3) is 0 Å². The Bertz CT molecular complexity index is 385. The molecule has 2 heterocycles. The number of hydrogen-bond donors (Lipinski definition) is 0. The molecule has 0 bridgehead atoms. The molecule has 118 valence electrons. The highest BCUT2D eigenvalue weighted by atomic mass is 16.5. The van der Waals surface area contributed by atoms with Crippen molar-refractivity contribution < 1.29 is 14.3 Å². The topological polar surface area (TPSA) is 49.9 Å². The van der Waals surface area contributed by atoms with Crippen LogP contribution < -0.4 is 0 Å². The van der Waals surface area contributed by atoms with Gasteiger partial charge in [0.25, 0.3) is 0 Å². The molecular formula is C16H26N2O3. The first-order valence-electron chi connectivity index (χ1n) is 8.42. The van der Waals surface area contributed by atoms with E-state index in [0.717, 1.165) is 39.0 Å². The lowest BCUT2D eigenvalue weighted by molar-refractivity contribution is -0.143. The summed E-state index contributed by atoms with van der Waals surface area (Å²) in [4.78, 5) is 28.2. The van der Waals surface area contributed by atoms with Crippen LogP contribution in [0.5, 0.6) is 0 Å². The van der Waals surface area contributed by atoms with E-state index in [0.29, 0.717) is 18.4 Å². The molecule has 0 radical (unpaired) electrons. The molecular weight excluding hydrogens is 268 g/mol. The van der Waals surface area contributed by atoms with Crippen molar-refractivity contribution in [3.05, 3.63) is 0 Å². The van der Waals surface area contributed by atoms with Gasteiger partial charge < -0.3 is 9.64 Å². The van der Waals surface area contributed by atoms with Crippen LogP contribution in [-0.4, -0.2) is 60.5 Å². The molecule has 1 amide bonds. The van der Waals surface area contributed by atoms with E-state index in [9.17, 15) is 9.59 Å². The second kappa shape index (κ2) is 6.77. The molecule has 1 saturated carbocycles. The summed E-state index contributed by atoms with van der Waals surface area (Å²) in [5.41, 5.74) is 0. The molecule has 0 aromatic rings. The molecule has 0 unspecified atom stereocenters. The Morgan fingerprint density at radius 3 is 2.38 bits per heavy atom. The standard InChI is InChI=1S/C16H26N2O3/c19-15(12-13-4-2-1-3-5-13)18-9-7-17(8-10-18)14-6-11-21-16(14)20/h13-14H,1-12H2/t14-/m0/s1. The van der Waals surface area contributed by atoms with E-state index in [-0.39, 0.29) is 12.0 Å². The summed E-state index contributed by atoms with van der Waals surface area (Å²) in [5.74, 6) is 0.835. The highest BCUT2D eigenvalue weighted by molar-refractivity contribution is 5.78. The molecule has 2 saturated heterocycles. The van der Waals surface area contributed by atoms with Gasteiger partial charge >= 0.3 is 5.97 Å². The van der Waals surface area contributed by atoms with Gasteiger partial charge in [-0.1, -0.05) is 19.3 Å². The maximum atomic E-state index is 12.4. The molecule has 2 aliphatic heterocycles. The lowest BCUT2D eigenvalue weighted by Crippen LogP contribution is -2.53. The van der Waals surface area contributed by atoms with Crippen LogP contribution in [0.4, 0.5) is 0 Å². The van der Waals surface area contributed by atoms with Gasteiger partial charge in [-0.3, -0.25) is 14.5 Å². The highest BCUT2D eigenvalue weighted by Gasteiger charge is 2.35. The van der Waals surface area contributed by atoms with Crippen molar-refractivity contribution in [3.8, 4) is 0 Å². The molecule has 0 spiro atoms. The first-order valence-corrected chi connectivity index (χ1v) is 8.42. The average molecular weight is 294 g/mol. The zero-order valence-corrected chi connectivity index (χ0v) is 12.8. The molecule has 0 aromatic heterocycles. The zero-order valence-electron chi connectivity index (χ0n) is 12.8. The first-order chi connectivity index (χ1) is 10.2. The summed E-state index contributed by atoms with van der Waals surface area (Å²) in [7, 11) is 0. The number of esters is 1. The summed E-state index contributed by atoms with van der Waals surface area (Å²) in [6.45, 7) is 3.67. The van der Waals surface area contributed by atoms with Crippen LogP contribution in [0.3, 0.4) is 0 Å². The molecule has 3 aliphatic rings. The third-order valence-electron chi connectivity index (χ3n) is 5.20. The van der Waals surface area contributed by atoms with Crippen LogP contribution in [-0.2, 0) is 14.3 Å². The van der Waals surface area contributed by atoms with Gasteiger partial charge in [-0.25, -0.2) is 0 Å². The minimum Gasteiger partial charge on any atom is -0.464 e. The Kier molecular flexibility index (Phi) is 4.78. The molecule has 0 aromatic carbocycles. The van der Waals surface area contributed by atoms with Crippen LogP contribution in [0.15, 0.2) is 0 Å². The minimum atomic E-state index is -0.0861. The van der Waals surface area contributed by atoms with Crippen LogP contribution >= 0.6 is 0 Å². The van der Waals surface area contributed by atoms with Crippen molar-refractivity contribution in [2.75, 3.05) is 32.8 Å². The summed E-state index contributed by atoms with van der Waals surface area (Å²) in [6, 6.07) is -0.0689. The smallest absolute Gasteiger partial charge is 0.323 e. The Morgan fingerprint density at radius 2 is 1.76 bits per heavy atom. The first kappa shape index (κ1) is 14.8. The lowest BCUT2D eigenvalue weighted by Gasteiger charge is -2.37. The molecule has 3 fully saturated rings. The van der Waals surface area contributed by atoms with Gasteiger partial charge in [0.15, 0.2) is 0 Å². The Hall–Kier alpha value is -1.10. The van der Waals surface area contributed by atoms with Crippen LogP contribution in [0.2, 0.25) is 0 Å². The van der Waals surface area contributed by atoms with Gasteiger partial charge in [-0.15, -0.1) is 0 Å². The van der Waals surface area contributed by atoms with Crippen molar-refractivity contribution in [2.24, 2.45) is 5.92 Å². The van der Waals surface area contributed by atoms with E-state index >= 15 is 0 Å². The van der Waals surface area contributed by atoms with Crippen LogP contribution in [0, 0.1) is 5.92 Å². The number of hydrogen-bond acceptors (Lipinski definition) is 4. The maximum Gasteiger partial charge on any atom is 0.323 e. The average Bonchev–Trinajstić information content (AvgIpc) is 2.94. The largest absolute Gasteiger partial charge is 0.464 e. The summed E-state index contributed by atoms with van der Waals surface area (Å²) >= 11 is 0. The minimum absolute atomic E-state index is 0.0689. The fraction of sp³-hybridized carbons (Fsp3) is 0.875. The van der Waals surface area contributed by atoms with Gasteiger partial charge in [-0.05, 0) is 18.8 Å². The number of ether oxygens (including phenoxy) is 1. The zero-order chi connectivity index (χ0) is 14.7. The van der Waals surface area contributed by atoms with Gasteiger partial charge in [-0.2, -0.15) is 0 Å². The number of amides is 1. The number of piperazine rings is 1. The maximum absolute atomic E-state index is 12.4. The van der Waals surface area contributed by atoms with Crippen molar-refractivity contribution in [3.63, 3.8) is 0 Å². The van der Waals surface area contributed by atoms with Gasteiger partial charge in [0.1, 0.15) is 6.04 Å². The van der Waals surface area contributed by atoms with E-state index in [4.69, 9.17) is 4.74 Å². The fourth-order valence-electron chi connectivity index (χ4n) is 3.87. The number of carbonyl (C=O) groups is 2. The van der Waals surface area contributed by atoms with Gasteiger partial charge in [0.2, 0.25) is 5.91 Å². The van der Waals surface area contributed by atoms with Gasteiger partial charge in [0.05, 0.1) is 6.61 Å². The predicted molar refractivity (Wildman–Crippen MR) is 78.7 cm³/mol. The van der Waals surface area contributed by atoms with E-state index in [2.05, 4.69) is 4.90 Å². The number of rotatable bonds is 3. The second-order valence-corrected chi connectivity index (χ2v) is 6.60. The number of carbonyl (C=O) groups excluding carboxylic acids is 2. The third kappa shape index (κ3) is 3.57. The normalized spacial score (nSPS) is 28.7. The molecule has 21 heavy (non-hydrogen) atoms. The monoisotopic (exact) mass is 294 g/mol. The Morgan fingerprint density at radius 1 is 1.05 bits per heavy atom. The molecule has 5 nitrogen and oxygen atoms in total. The van der Waals surface area contributed by atoms with E-state index < -0.39 is 0 Å². The Labute approximate surface area is 126 Å². The molecule has 1 atom stereocenters. The van der Waals surface area contributed by atoms with Crippen molar-refractivity contribution in [1.29, 1.82) is 0 Å². The SMILES string of the molecule is O=C1OCC[C@@H]1N1CCN(C(=O)CC2CCCCC2)CC1. The number of cyclic esters (lactones) is 1. The van der Waals surface area contributed by atoms with Crippen molar-refractivity contribution in [1.82, 2.24) is 9.80 Å². The highest BCUT2D eigenvalue weighted by Crippen LogP contribution is 2.27. The quantitative estimate of drug-likeness (QED) is 0.739. The van der Waals surface area contributed by atoms with Crippen LogP contribution in [0.1, 0.15) is 44.9 Å². The third-order valence-corrected chi connectivity index (χ3v) is 5.20. The molecule has 1 aliphatic carbocycles. The molecule has 0 N–H and O–H groups in total. The number of nitrogens with zero attached hydrogens (tertiary/aromatic N) is 2. The van der Waals surface area contributed by atoms with Gasteiger partial charge in [0, 0.05) is 39.0 Å². The van der Waals surface area contributed by atoms with E-state index in [1.165, 1.54) is 32.1 Å². The second-order valence-electron chi connectivity index (χ2n) is 6.60. The Balaban J connectivity index is 1.44. The van der Waals surface area contributed by atoms with E-state index in [1.807, 2.05) is 4.90 Å². The lowest BCUT2D eigenvalue weighted by atomic mass is 9.86. The van der Waals surface area contributed by atoms with Crippen molar-refractivity contribution >= 4 is 11.9 Å². The van der Waals surface area contributed by atoms with E-state index in [1.54, 1.807) is 0 Å². The molecule has 5 heteroatoms. The predicted octanol–water partition coefficient (Wildman–Crippen LogP) is 1.42. The summed E-state index contributed by atoms with van der Waals surface area (Å²) in [5, 5.41) is 0. The fourth-order valence-corrected chi connectivity index (χ4v) is 3.87. The summed E-state index contributed by atoms with van der Waals surface area (Å²) < 4.78 is 5.03. The summed E-state index contributed by atoms with van der Waals surface area (Å²) in [6.07, 6.45) is 7.88.